The molecule has 5 rings (SSSR count). The summed E-state index contributed by atoms with van der Waals surface area (Å²) < 4.78 is 11.6. The Labute approximate surface area is 250 Å². The molecule has 4 N–H and O–H groups in total. The van der Waals surface area contributed by atoms with Gasteiger partial charge in [0.05, 0.1) is 12.1 Å². The number of benzene rings is 3. The van der Waals surface area contributed by atoms with E-state index in [2.05, 4.69) is 26.3 Å². The number of carbonyl (C=O) groups excluding carboxylic acids is 3. The zero-order valence-corrected chi connectivity index (χ0v) is 24.0. The van der Waals surface area contributed by atoms with Crippen LogP contribution >= 0.6 is 0 Å². The first-order valence-corrected chi connectivity index (χ1v) is 14.3. The molecule has 0 bridgehead atoms. The van der Waals surface area contributed by atoms with Crippen LogP contribution in [-0.4, -0.2) is 54.4 Å². The Morgan fingerprint density at radius 2 is 1.49 bits per heavy atom. The Balaban J connectivity index is 1.12. The average molecular weight is 582 g/mol. The molecule has 222 valence electrons. The van der Waals surface area contributed by atoms with Gasteiger partial charge in [-0.3, -0.25) is 14.4 Å². The van der Waals surface area contributed by atoms with E-state index in [1.54, 1.807) is 31.2 Å². The molecule has 0 atom stereocenters. The third kappa shape index (κ3) is 7.66. The summed E-state index contributed by atoms with van der Waals surface area (Å²) >= 11 is 0. The van der Waals surface area contributed by atoms with E-state index in [1.165, 1.54) is 0 Å². The lowest BCUT2D eigenvalue weighted by molar-refractivity contribution is -0.134. The van der Waals surface area contributed by atoms with Crippen LogP contribution < -0.4 is 26.0 Å². The van der Waals surface area contributed by atoms with Crippen LogP contribution in [0.15, 0.2) is 89.3 Å². The highest BCUT2D eigenvalue weighted by Crippen LogP contribution is 2.24. The number of nitrogens with zero attached hydrogens (tertiary/aromatic N) is 1. The number of hydrogen-bond donors (Lipinski definition) is 4. The number of carbonyl (C=O) groups is 3. The Bertz CT molecular complexity index is 1530. The highest BCUT2D eigenvalue weighted by atomic mass is 16.5. The first-order chi connectivity index (χ1) is 20.9. The fourth-order valence-corrected chi connectivity index (χ4v) is 4.94. The third-order valence-corrected chi connectivity index (χ3v) is 7.30. The summed E-state index contributed by atoms with van der Waals surface area (Å²) in [5.74, 6) is 1.51. The van der Waals surface area contributed by atoms with Gasteiger partial charge in [0.2, 0.25) is 17.7 Å². The predicted molar refractivity (Wildman–Crippen MR) is 162 cm³/mol. The standard InChI is InChI=1S/C33H35N5O5/c1-23-28(37-31(42-23)25-8-4-2-5-9-25)22-29(39)38-33(16-18-34-19-17-33)32(41)36-21-20-35-30(40)24-12-14-27(15-13-24)43-26-10-6-3-7-11-26/h2-15,34H,16-22H2,1H3,(H,35,40)(H,36,41)(H,38,39). The second-order valence-corrected chi connectivity index (χ2v) is 10.4. The number of hydrogen-bond acceptors (Lipinski definition) is 7. The number of oxazole rings is 1. The summed E-state index contributed by atoms with van der Waals surface area (Å²) in [4.78, 5) is 43.6. The van der Waals surface area contributed by atoms with Gasteiger partial charge in [0.15, 0.2) is 0 Å². The predicted octanol–water partition coefficient (Wildman–Crippen LogP) is 3.77. The minimum atomic E-state index is -1.05. The summed E-state index contributed by atoms with van der Waals surface area (Å²) in [7, 11) is 0. The van der Waals surface area contributed by atoms with Crippen molar-refractivity contribution in [2.45, 2.75) is 31.7 Å². The van der Waals surface area contributed by atoms with Gasteiger partial charge in [0.1, 0.15) is 22.8 Å². The Kier molecular flexibility index (Phi) is 9.48. The van der Waals surface area contributed by atoms with Crippen LogP contribution in [0, 0.1) is 6.92 Å². The number of aromatic nitrogens is 1. The molecule has 2 heterocycles. The van der Waals surface area contributed by atoms with Crippen molar-refractivity contribution in [1.82, 2.24) is 26.3 Å². The highest BCUT2D eigenvalue weighted by Gasteiger charge is 2.40. The van der Waals surface area contributed by atoms with Gasteiger partial charge in [-0.25, -0.2) is 4.98 Å². The fraction of sp³-hybridized carbons (Fsp3) is 0.273. The smallest absolute Gasteiger partial charge is 0.251 e. The molecule has 0 unspecified atom stereocenters. The minimum absolute atomic E-state index is 0.00411. The topological polar surface area (TPSA) is 135 Å². The first-order valence-electron chi connectivity index (χ1n) is 14.3. The van der Waals surface area contributed by atoms with Crippen LogP contribution in [0.1, 0.15) is 34.7 Å². The number of ether oxygens (including phenoxy) is 1. The number of amides is 3. The molecule has 10 nitrogen and oxygen atoms in total. The maximum Gasteiger partial charge on any atom is 0.251 e. The van der Waals surface area contributed by atoms with Crippen LogP contribution in [0.3, 0.4) is 0 Å². The molecule has 1 aliphatic heterocycles. The molecule has 1 fully saturated rings. The molecule has 10 heteroatoms. The zero-order chi connectivity index (χ0) is 30.1. The van der Waals surface area contributed by atoms with Gasteiger partial charge in [-0.05, 0) is 81.4 Å². The molecule has 0 radical (unpaired) electrons. The zero-order valence-electron chi connectivity index (χ0n) is 24.0. The number of piperidine rings is 1. The highest BCUT2D eigenvalue weighted by molar-refractivity contribution is 5.94. The van der Waals surface area contributed by atoms with E-state index in [0.717, 1.165) is 5.56 Å². The molecule has 43 heavy (non-hydrogen) atoms. The van der Waals surface area contributed by atoms with Crippen LogP contribution in [-0.2, 0) is 16.0 Å². The Hall–Kier alpha value is -4.96. The van der Waals surface area contributed by atoms with Gasteiger partial charge in [-0.2, -0.15) is 0 Å². The van der Waals surface area contributed by atoms with Gasteiger partial charge in [-0.1, -0.05) is 36.4 Å². The Morgan fingerprint density at radius 1 is 0.860 bits per heavy atom. The number of aryl methyl sites for hydroxylation is 1. The summed E-state index contributed by atoms with van der Waals surface area (Å²) in [6.07, 6.45) is 0.888. The van der Waals surface area contributed by atoms with Crippen molar-refractivity contribution < 1.29 is 23.5 Å². The van der Waals surface area contributed by atoms with E-state index >= 15 is 0 Å². The van der Waals surface area contributed by atoms with E-state index in [9.17, 15) is 14.4 Å². The molecule has 3 amide bonds. The monoisotopic (exact) mass is 581 g/mol. The molecule has 1 aromatic heterocycles. The molecule has 0 spiro atoms. The lowest BCUT2D eigenvalue weighted by Gasteiger charge is -2.37. The molecule has 1 saturated heterocycles. The Morgan fingerprint density at radius 3 is 2.19 bits per heavy atom. The molecule has 0 saturated carbocycles. The molecule has 0 aliphatic carbocycles. The summed E-state index contributed by atoms with van der Waals surface area (Å²) in [5, 5.41) is 11.9. The summed E-state index contributed by atoms with van der Waals surface area (Å²) in [6, 6.07) is 25.7. The fourth-order valence-electron chi connectivity index (χ4n) is 4.94. The van der Waals surface area contributed by atoms with Crippen molar-refractivity contribution in [3.05, 3.63) is 102 Å². The molecular weight excluding hydrogens is 546 g/mol. The van der Waals surface area contributed by atoms with Crippen molar-refractivity contribution in [3.63, 3.8) is 0 Å². The van der Waals surface area contributed by atoms with Gasteiger partial charge < -0.3 is 30.4 Å². The van der Waals surface area contributed by atoms with E-state index in [0.29, 0.717) is 60.3 Å². The molecular formula is C33H35N5O5. The second kappa shape index (κ2) is 13.8. The van der Waals surface area contributed by atoms with Crippen molar-refractivity contribution >= 4 is 17.7 Å². The molecule has 3 aromatic carbocycles. The summed E-state index contributed by atoms with van der Waals surface area (Å²) in [5.41, 5.74) is 0.782. The van der Waals surface area contributed by atoms with Crippen molar-refractivity contribution in [2.24, 2.45) is 0 Å². The molecule has 4 aromatic rings. The van der Waals surface area contributed by atoms with Gasteiger partial charge in [0.25, 0.3) is 5.91 Å². The van der Waals surface area contributed by atoms with E-state index in [1.807, 2.05) is 60.7 Å². The minimum Gasteiger partial charge on any atom is -0.457 e. The van der Waals surface area contributed by atoms with Crippen molar-refractivity contribution in [2.75, 3.05) is 26.2 Å². The van der Waals surface area contributed by atoms with E-state index in [-0.39, 0.29) is 37.2 Å². The van der Waals surface area contributed by atoms with Gasteiger partial charge in [-0.15, -0.1) is 0 Å². The number of rotatable bonds is 11. The quantitative estimate of drug-likeness (QED) is 0.198. The van der Waals surface area contributed by atoms with Crippen LogP contribution in [0.25, 0.3) is 11.5 Å². The molecule has 1 aliphatic rings. The van der Waals surface area contributed by atoms with E-state index in [4.69, 9.17) is 9.15 Å². The number of para-hydroxylation sites is 1. The average Bonchev–Trinajstić information content (AvgIpc) is 3.40. The van der Waals surface area contributed by atoms with Crippen LogP contribution in [0.2, 0.25) is 0 Å². The lowest BCUT2D eigenvalue weighted by Crippen LogP contribution is -2.63. The summed E-state index contributed by atoms with van der Waals surface area (Å²) in [6.45, 7) is 3.41. The second-order valence-electron chi connectivity index (χ2n) is 10.4. The SMILES string of the molecule is Cc1oc(-c2ccccc2)nc1CC(=O)NC1(C(=O)NCCNC(=O)c2ccc(Oc3ccccc3)cc2)CCNCC1. The first kappa shape index (κ1) is 29.5. The largest absolute Gasteiger partial charge is 0.457 e. The maximum absolute atomic E-state index is 13.4. The van der Waals surface area contributed by atoms with Crippen molar-refractivity contribution in [1.29, 1.82) is 0 Å². The van der Waals surface area contributed by atoms with Gasteiger partial charge >= 0.3 is 0 Å². The van der Waals surface area contributed by atoms with Crippen LogP contribution in [0.5, 0.6) is 11.5 Å². The number of nitrogens with one attached hydrogen (secondary N) is 4. The van der Waals surface area contributed by atoms with Crippen molar-refractivity contribution in [3.8, 4) is 23.0 Å². The van der Waals surface area contributed by atoms with Gasteiger partial charge in [0, 0.05) is 24.2 Å². The normalized spacial score (nSPS) is 14.0. The van der Waals surface area contributed by atoms with Crippen LogP contribution in [0.4, 0.5) is 0 Å². The third-order valence-electron chi connectivity index (χ3n) is 7.30. The van der Waals surface area contributed by atoms with E-state index < -0.39 is 5.54 Å². The maximum atomic E-state index is 13.4. The lowest BCUT2D eigenvalue weighted by atomic mass is 9.87.